The number of benzene rings is 1. The van der Waals surface area contributed by atoms with Gasteiger partial charge in [0.1, 0.15) is 0 Å². The van der Waals surface area contributed by atoms with E-state index in [0.29, 0.717) is 32.6 Å². The van der Waals surface area contributed by atoms with Gasteiger partial charge in [-0.2, -0.15) is 0 Å². The van der Waals surface area contributed by atoms with Gasteiger partial charge in [0.15, 0.2) is 0 Å². The summed E-state index contributed by atoms with van der Waals surface area (Å²) < 4.78 is 0. The summed E-state index contributed by atoms with van der Waals surface area (Å²) in [5.74, 6) is 1.00. The summed E-state index contributed by atoms with van der Waals surface area (Å²) in [6.07, 6.45) is 5.10. The first-order valence-electron chi connectivity index (χ1n) is 9.48. The summed E-state index contributed by atoms with van der Waals surface area (Å²) >= 11 is 0. The van der Waals surface area contributed by atoms with Crippen LogP contribution in [-0.4, -0.2) is 72.8 Å². The fourth-order valence-corrected chi connectivity index (χ4v) is 3.85. The van der Waals surface area contributed by atoms with E-state index in [0.717, 1.165) is 32.0 Å². The van der Waals surface area contributed by atoms with Crippen molar-refractivity contribution in [3.63, 3.8) is 0 Å². The summed E-state index contributed by atoms with van der Waals surface area (Å²) in [5.41, 5.74) is 1.44. The molecule has 3 rings (SSSR count). The van der Waals surface area contributed by atoms with Crippen molar-refractivity contribution in [1.29, 1.82) is 0 Å². The molecule has 0 bridgehead atoms. The van der Waals surface area contributed by atoms with Crippen molar-refractivity contribution in [3.05, 3.63) is 35.9 Å². The molecule has 0 spiro atoms. The van der Waals surface area contributed by atoms with E-state index in [2.05, 4.69) is 35.2 Å². The average Bonchev–Trinajstić information content (AvgIpc) is 2.68. The summed E-state index contributed by atoms with van der Waals surface area (Å²) in [6.45, 7) is 5.76. The summed E-state index contributed by atoms with van der Waals surface area (Å²) in [5, 5.41) is 0. The summed E-state index contributed by atoms with van der Waals surface area (Å²) in [4.78, 5) is 29.1. The average molecular weight is 343 g/mol. The second kappa shape index (κ2) is 8.99. The van der Waals surface area contributed by atoms with Crippen molar-refractivity contribution in [1.82, 2.24) is 14.7 Å². The molecule has 1 aromatic rings. The topological polar surface area (TPSA) is 43.9 Å². The number of amides is 2. The maximum Gasteiger partial charge on any atom is 0.223 e. The molecule has 2 aliphatic rings. The van der Waals surface area contributed by atoms with Crippen LogP contribution in [0.15, 0.2) is 30.3 Å². The van der Waals surface area contributed by atoms with Crippen LogP contribution >= 0.6 is 0 Å². The van der Waals surface area contributed by atoms with Gasteiger partial charge in [-0.15, -0.1) is 0 Å². The second-order valence-electron chi connectivity index (χ2n) is 7.25. The van der Waals surface area contributed by atoms with Gasteiger partial charge in [0, 0.05) is 39.1 Å². The van der Waals surface area contributed by atoms with Gasteiger partial charge >= 0.3 is 0 Å². The van der Waals surface area contributed by atoms with Gasteiger partial charge in [-0.3, -0.25) is 9.59 Å². The lowest BCUT2D eigenvalue weighted by molar-refractivity contribution is -0.135. The van der Waals surface area contributed by atoms with E-state index < -0.39 is 0 Å². The van der Waals surface area contributed by atoms with E-state index in [1.54, 1.807) is 4.90 Å². The molecule has 1 aromatic carbocycles. The Balaban J connectivity index is 1.34. The number of piperazine rings is 1. The summed E-state index contributed by atoms with van der Waals surface area (Å²) in [7, 11) is 0. The van der Waals surface area contributed by atoms with Crippen LogP contribution in [0.4, 0.5) is 0 Å². The predicted octanol–water partition coefficient (Wildman–Crippen LogP) is 1.63. The standard InChI is InChI=1S/C20H29N3O2/c24-17-22-12-14-23(15-13-22)20(25)8-11-21-9-6-19(7-10-21)16-18-4-2-1-3-5-18/h1-5,17,19H,6-16H2. The van der Waals surface area contributed by atoms with Gasteiger partial charge in [-0.25, -0.2) is 0 Å². The zero-order valence-electron chi connectivity index (χ0n) is 15.0. The number of hydrogen-bond donors (Lipinski definition) is 0. The molecule has 2 amide bonds. The normalized spacial score (nSPS) is 19.8. The van der Waals surface area contributed by atoms with Gasteiger partial charge in [0.2, 0.25) is 12.3 Å². The Bertz CT molecular complexity index is 547. The highest BCUT2D eigenvalue weighted by molar-refractivity contribution is 5.76. The maximum absolute atomic E-state index is 12.3. The number of carbonyl (C=O) groups excluding carboxylic acids is 2. The Labute approximate surface area is 150 Å². The molecule has 0 radical (unpaired) electrons. The third-order valence-electron chi connectivity index (χ3n) is 5.53. The third kappa shape index (κ3) is 5.30. The number of hydrogen-bond acceptors (Lipinski definition) is 3. The van der Waals surface area contributed by atoms with Crippen LogP contribution in [0, 0.1) is 5.92 Å². The summed E-state index contributed by atoms with van der Waals surface area (Å²) in [6, 6.07) is 10.7. The van der Waals surface area contributed by atoms with Crippen LogP contribution in [0.5, 0.6) is 0 Å². The Morgan fingerprint density at radius 3 is 2.32 bits per heavy atom. The van der Waals surface area contributed by atoms with Crippen molar-refractivity contribution in [2.75, 3.05) is 45.8 Å². The molecule has 5 nitrogen and oxygen atoms in total. The number of likely N-dealkylation sites (tertiary alicyclic amines) is 1. The predicted molar refractivity (Wildman–Crippen MR) is 98.1 cm³/mol. The minimum absolute atomic E-state index is 0.233. The van der Waals surface area contributed by atoms with Crippen LogP contribution in [0.25, 0.3) is 0 Å². The van der Waals surface area contributed by atoms with Gasteiger partial charge in [-0.1, -0.05) is 30.3 Å². The Kier molecular flexibility index (Phi) is 6.45. The molecule has 0 N–H and O–H groups in total. The number of carbonyl (C=O) groups is 2. The number of piperidine rings is 1. The SMILES string of the molecule is O=CN1CCN(C(=O)CCN2CCC(Cc3ccccc3)CC2)CC1. The third-order valence-corrected chi connectivity index (χ3v) is 5.53. The van der Waals surface area contributed by atoms with E-state index in [1.807, 2.05) is 4.90 Å². The minimum Gasteiger partial charge on any atom is -0.342 e. The molecule has 0 saturated carbocycles. The van der Waals surface area contributed by atoms with Gasteiger partial charge in [-0.05, 0) is 43.8 Å². The first-order valence-corrected chi connectivity index (χ1v) is 9.48. The minimum atomic E-state index is 0.233. The van der Waals surface area contributed by atoms with E-state index in [4.69, 9.17) is 0 Å². The van der Waals surface area contributed by atoms with E-state index in [-0.39, 0.29) is 5.91 Å². The molecule has 2 heterocycles. The van der Waals surface area contributed by atoms with Crippen LogP contribution in [0.1, 0.15) is 24.8 Å². The number of nitrogens with zero attached hydrogens (tertiary/aromatic N) is 3. The van der Waals surface area contributed by atoms with Crippen molar-refractivity contribution in [3.8, 4) is 0 Å². The van der Waals surface area contributed by atoms with Crippen molar-refractivity contribution < 1.29 is 9.59 Å². The van der Waals surface area contributed by atoms with Crippen LogP contribution < -0.4 is 0 Å². The fraction of sp³-hybridized carbons (Fsp3) is 0.600. The maximum atomic E-state index is 12.3. The zero-order valence-corrected chi connectivity index (χ0v) is 15.0. The molecular formula is C20H29N3O2. The number of rotatable bonds is 6. The van der Waals surface area contributed by atoms with E-state index >= 15 is 0 Å². The first kappa shape index (κ1) is 17.9. The van der Waals surface area contributed by atoms with Gasteiger partial charge in [0.05, 0.1) is 0 Å². The monoisotopic (exact) mass is 343 g/mol. The van der Waals surface area contributed by atoms with E-state index in [1.165, 1.54) is 24.8 Å². The van der Waals surface area contributed by atoms with Crippen molar-refractivity contribution >= 4 is 12.3 Å². The molecule has 136 valence electrons. The van der Waals surface area contributed by atoms with Crippen LogP contribution in [0.2, 0.25) is 0 Å². The first-order chi connectivity index (χ1) is 12.2. The smallest absolute Gasteiger partial charge is 0.223 e. The zero-order chi connectivity index (χ0) is 17.5. The van der Waals surface area contributed by atoms with Crippen LogP contribution in [-0.2, 0) is 16.0 Å². The Hall–Kier alpha value is -1.88. The lowest BCUT2D eigenvalue weighted by Gasteiger charge is -2.34. The molecule has 0 unspecified atom stereocenters. The highest BCUT2D eigenvalue weighted by atomic mass is 16.2. The van der Waals surface area contributed by atoms with Crippen LogP contribution in [0.3, 0.4) is 0 Å². The Morgan fingerprint density at radius 1 is 1.00 bits per heavy atom. The second-order valence-corrected chi connectivity index (χ2v) is 7.25. The lowest BCUT2D eigenvalue weighted by atomic mass is 9.90. The molecule has 2 aliphatic heterocycles. The molecule has 0 aromatic heterocycles. The molecule has 5 heteroatoms. The van der Waals surface area contributed by atoms with Crippen molar-refractivity contribution in [2.45, 2.75) is 25.7 Å². The van der Waals surface area contributed by atoms with Gasteiger partial charge < -0.3 is 14.7 Å². The van der Waals surface area contributed by atoms with Gasteiger partial charge in [0.25, 0.3) is 0 Å². The highest BCUT2D eigenvalue weighted by Crippen LogP contribution is 2.21. The van der Waals surface area contributed by atoms with E-state index in [9.17, 15) is 9.59 Å². The quantitative estimate of drug-likeness (QED) is 0.738. The highest BCUT2D eigenvalue weighted by Gasteiger charge is 2.23. The Morgan fingerprint density at radius 2 is 1.68 bits per heavy atom. The largest absolute Gasteiger partial charge is 0.342 e. The molecule has 0 aliphatic carbocycles. The van der Waals surface area contributed by atoms with Crippen molar-refractivity contribution in [2.24, 2.45) is 5.92 Å². The molecule has 25 heavy (non-hydrogen) atoms. The molecule has 0 atom stereocenters. The molecular weight excluding hydrogens is 314 g/mol. The molecule has 2 saturated heterocycles. The molecule has 2 fully saturated rings. The lowest BCUT2D eigenvalue weighted by Crippen LogP contribution is -2.48. The fourth-order valence-electron chi connectivity index (χ4n) is 3.85.